The van der Waals surface area contributed by atoms with Gasteiger partial charge in [-0.05, 0) is 36.6 Å². The summed E-state index contributed by atoms with van der Waals surface area (Å²) in [5, 5.41) is 3.41. The summed E-state index contributed by atoms with van der Waals surface area (Å²) in [5.74, 6) is 0.655. The molecular formula is C12H18N2. The zero-order valence-corrected chi connectivity index (χ0v) is 8.72. The van der Waals surface area contributed by atoms with Gasteiger partial charge in [0.15, 0.2) is 0 Å². The maximum atomic E-state index is 5.50. The number of fused-ring (bicyclic) bond motifs is 1. The summed E-state index contributed by atoms with van der Waals surface area (Å²) in [6.45, 7) is 4.13. The van der Waals surface area contributed by atoms with E-state index < -0.39 is 0 Å². The van der Waals surface area contributed by atoms with Crippen LogP contribution in [0.15, 0.2) is 18.2 Å². The zero-order valence-electron chi connectivity index (χ0n) is 8.72. The Morgan fingerprint density at radius 1 is 1.50 bits per heavy atom. The van der Waals surface area contributed by atoms with E-state index in [4.69, 9.17) is 5.73 Å². The molecule has 2 rings (SSSR count). The van der Waals surface area contributed by atoms with Gasteiger partial charge < -0.3 is 11.1 Å². The lowest BCUT2D eigenvalue weighted by atomic mass is 9.99. The first-order chi connectivity index (χ1) is 6.81. The molecule has 0 bridgehead atoms. The fourth-order valence-electron chi connectivity index (χ4n) is 2.02. The van der Waals surface area contributed by atoms with E-state index in [0.29, 0.717) is 5.92 Å². The smallest absolute Gasteiger partial charge is 0.0376 e. The Kier molecular flexibility index (Phi) is 2.73. The minimum Gasteiger partial charge on any atom is -0.384 e. The summed E-state index contributed by atoms with van der Waals surface area (Å²) in [6, 6.07) is 6.74. The van der Waals surface area contributed by atoms with Crippen LogP contribution in [0.4, 0.5) is 5.69 Å². The molecule has 1 heterocycles. The lowest BCUT2D eigenvalue weighted by Crippen LogP contribution is -2.00. The minimum atomic E-state index is 0.655. The monoisotopic (exact) mass is 190 g/mol. The van der Waals surface area contributed by atoms with Gasteiger partial charge in [-0.3, -0.25) is 0 Å². The van der Waals surface area contributed by atoms with Crippen LogP contribution in [0.1, 0.15) is 30.4 Å². The van der Waals surface area contributed by atoms with Gasteiger partial charge in [0.2, 0.25) is 0 Å². The zero-order chi connectivity index (χ0) is 9.97. The Morgan fingerprint density at radius 2 is 2.36 bits per heavy atom. The first-order valence-corrected chi connectivity index (χ1v) is 5.38. The highest BCUT2D eigenvalue weighted by atomic mass is 14.9. The largest absolute Gasteiger partial charge is 0.384 e. The van der Waals surface area contributed by atoms with E-state index >= 15 is 0 Å². The van der Waals surface area contributed by atoms with Crippen LogP contribution in [0.2, 0.25) is 0 Å². The minimum absolute atomic E-state index is 0.655. The molecule has 1 aliphatic heterocycles. The molecule has 2 heteroatoms. The Morgan fingerprint density at radius 3 is 3.14 bits per heavy atom. The van der Waals surface area contributed by atoms with Gasteiger partial charge in [-0.2, -0.15) is 0 Å². The van der Waals surface area contributed by atoms with Crippen molar-refractivity contribution in [3.63, 3.8) is 0 Å². The third-order valence-electron chi connectivity index (χ3n) is 2.92. The third-order valence-corrected chi connectivity index (χ3v) is 2.92. The Balaban J connectivity index is 2.17. The van der Waals surface area contributed by atoms with Crippen molar-refractivity contribution in [3.05, 3.63) is 29.3 Å². The number of aryl methyl sites for hydroxylation is 1. The SMILES string of the molecule is CC1CNc2ccc(CCCN)cc21. The molecule has 2 nitrogen and oxygen atoms in total. The molecule has 0 saturated carbocycles. The molecule has 0 fully saturated rings. The lowest BCUT2D eigenvalue weighted by molar-refractivity contribution is 0.822. The standard InChI is InChI=1S/C12H18N2/c1-9-8-14-12-5-4-10(3-2-6-13)7-11(9)12/h4-5,7,9,14H,2-3,6,8,13H2,1H3. The summed E-state index contributed by atoms with van der Waals surface area (Å²) in [4.78, 5) is 0. The normalized spacial score (nSPS) is 19.1. The summed E-state index contributed by atoms with van der Waals surface area (Å²) in [6.07, 6.45) is 2.19. The molecule has 0 spiro atoms. The summed E-state index contributed by atoms with van der Waals surface area (Å²) in [5.41, 5.74) is 9.71. The Bertz CT molecular complexity index is 320. The number of nitrogens with two attached hydrogens (primary N) is 1. The quantitative estimate of drug-likeness (QED) is 0.766. The highest BCUT2D eigenvalue weighted by Crippen LogP contribution is 2.31. The van der Waals surface area contributed by atoms with E-state index in [2.05, 4.69) is 30.4 Å². The summed E-state index contributed by atoms with van der Waals surface area (Å²) in [7, 11) is 0. The molecule has 1 aromatic carbocycles. The van der Waals surface area contributed by atoms with Crippen LogP contribution in [-0.2, 0) is 6.42 Å². The van der Waals surface area contributed by atoms with Crippen molar-refractivity contribution in [1.82, 2.24) is 0 Å². The van der Waals surface area contributed by atoms with Crippen LogP contribution < -0.4 is 11.1 Å². The molecule has 14 heavy (non-hydrogen) atoms. The molecule has 1 atom stereocenters. The fourth-order valence-corrected chi connectivity index (χ4v) is 2.02. The Hall–Kier alpha value is -1.02. The van der Waals surface area contributed by atoms with Crippen molar-refractivity contribution in [1.29, 1.82) is 0 Å². The van der Waals surface area contributed by atoms with E-state index in [1.807, 2.05) is 0 Å². The number of hydrogen-bond donors (Lipinski definition) is 2. The van der Waals surface area contributed by atoms with E-state index in [1.165, 1.54) is 16.8 Å². The highest BCUT2D eigenvalue weighted by Gasteiger charge is 2.17. The summed E-state index contributed by atoms with van der Waals surface area (Å²) >= 11 is 0. The molecule has 0 amide bonds. The predicted molar refractivity (Wildman–Crippen MR) is 60.7 cm³/mol. The fraction of sp³-hybridized carbons (Fsp3) is 0.500. The predicted octanol–water partition coefficient (Wildman–Crippen LogP) is 2.11. The molecule has 1 aliphatic rings. The van der Waals surface area contributed by atoms with Gasteiger partial charge in [0.25, 0.3) is 0 Å². The average Bonchev–Trinajstić information content (AvgIpc) is 2.57. The van der Waals surface area contributed by atoms with Gasteiger partial charge in [-0.1, -0.05) is 19.1 Å². The second-order valence-electron chi connectivity index (χ2n) is 4.10. The lowest BCUT2D eigenvalue weighted by Gasteiger charge is -2.06. The molecule has 0 saturated heterocycles. The number of benzene rings is 1. The number of anilines is 1. The van der Waals surface area contributed by atoms with E-state index in [0.717, 1.165) is 25.9 Å². The van der Waals surface area contributed by atoms with Crippen molar-refractivity contribution in [2.24, 2.45) is 5.73 Å². The van der Waals surface area contributed by atoms with Gasteiger partial charge in [0.1, 0.15) is 0 Å². The summed E-state index contributed by atoms with van der Waals surface area (Å²) < 4.78 is 0. The number of rotatable bonds is 3. The van der Waals surface area contributed by atoms with Gasteiger partial charge in [-0.15, -0.1) is 0 Å². The van der Waals surface area contributed by atoms with Crippen molar-refractivity contribution in [3.8, 4) is 0 Å². The molecule has 0 aromatic heterocycles. The van der Waals surface area contributed by atoms with Gasteiger partial charge in [0, 0.05) is 18.2 Å². The molecule has 76 valence electrons. The van der Waals surface area contributed by atoms with Crippen LogP contribution in [0.3, 0.4) is 0 Å². The van der Waals surface area contributed by atoms with Crippen LogP contribution in [0.5, 0.6) is 0 Å². The van der Waals surface area contributed by atoms with E-state index in [-0.39, 0.29) is 0 Å². The first-order valence-electron chi connectivity index (χ1n) is 5.38. The van der Waals surface area contributed by atoms with Crippen LogP contribution in [0.25, 0.3) is 0 Å². The van der Waals surface area contributed by atoms with Crippen LogP contribution >= 0.6 is 0 Å². The van der Waals surface area contributed by atoms with E-state index in [1.54, 1.807) is 0 Å². The Labute approximate surface area is 85.5 Å². The highest BCUT2D eigenvalue weighted by molar-refractivity contribution is 5.58. The first kappa shape index (κ1) is 9.53. The van der Waals surface area contributed by atoms with Crippen LogP contribution in [-0.4, -0.2) is 13.1 Å². The molecule has 1 unspecified atom stereocenters. The number of nitrogens with one attached hydrogen (secondary N) is 1. The van der Waals surface area contributed by atoms with Crippen molar-refractivity contribution >= 4 is 5.69 Å². The van der Waals surface area contributed by atoms with Crippen molar-refractivity contribution in [2.45, 2.75) is 25.7 Å². The second-order valence-corrected chi connectivity index (χ2v) is 4.10. The maximum absolute atomic E-state index is 5.50. The van der Waals surface area contributed by atoms with Crippen LogP contribution in [0, 0.1) is 0 Å². The third kappa shape index (κ3) is 1.75. The van der Waals surface area contributed by atoms with Gasteiger partial charge >= 0.3 is 0 Å². The average molecular weight is 190 g/mol. The number of hydrogen-bond acceptors (Lipinski definition) is 2. The van der Waals surface area contributed by atoms with E-state index in [9.17, 15) is 0 Å². The second kappa shape index (κ2) is 4.01. The van der Waals surface area contributed by atoms with Crippen molar-refractivity contribution in [2.75, 3.05) is 18.4 Å². The van der Waals surface area contributed by atoms with Crippen molar-refractivity contribution < 1.29 is 0 Å². The molecule has 3 N–H and O–H groups in total. The van der Waals surface area contributed by atoms with Gasteiger partial charge in [0.05, 0.1) is 0 Å². The van der Waals surface area contributed by atoms with Gasteiger partial charge in [-0.25, -0.2) is 0 Å². The topological polar surface area (TPSA) is 38.0 Å². The molecule has 1 aromatic rings. The molecule has 0 radical (unpaired) electrons. The molecule has 0 aliphatic carbocycles. The maximum Gasteiger partial charge on any atom is 0.0376 e. The molecular weight excluding hydrogens is 172 g/mol.